The standard InChI is InChI=1S/C28H37N7O/c1-8-28(6,7)35-26(31-32-33-35)25(18(2)3)34(16-21-10-9-11-29-15-21)17-23-14-22-13-19(4)12-20(5)24(22)30-27(23)36/h9-15,18,25H,8,16-17H2,1-7H3,(H,30,36). The maximum atomic E-state index is 13.3. The molecule has 1 unspecified atom stereocenters. The number of aromatic amines is 1. The number of nitrogens with zero attached hydrogens (tertiary/aromatic N) is 6. The van der Waals surface area contributed by atoms with Gasteiger partial charge in [0.25, 0.3) is 5.56 Å². The molecule has 0 saturated carbocycles. The van der Waals surface area contributed by atoms with Crippen molar-refractivity contribution in [3.05, 3.63) is 81.2 Å². The lowest BCUT2D eigenvalue weighted by atomic mass is 9.97. The molecule has 0 amide bonds. The van der Waals surface area contributed by atoms with E-state index in [1.54, 1.807) is 6.20 Å². The molecule has 4 rings (SSSR count). The SMILES string of the molecule is CCC(C)(C)n1nnnc1C(C(C)C)N(Cc1cccnc1)Cc1cc2cc(C)cc(C)c2[nH]c1=O. The van der Waals surface area contributed by atoms with Crippen LogP contribution in [0.3, 0.4) is 0 Å². The fourth-order valence-electron chi connectivity index (χ4n) is 4.89. The Kier molecular flexibility index (Phi) is 7.36. The number of rotatable bonds is 9. The van der Waals surface area contributed by atoms with Gasteiger partial charge in [-0.25, -0.2) is 4.68 Å². The van der Waals surface area contributed by atoms with Crippen molar-refractivity contribution >= 4 is 10.9 Å². The zero-order chi connectivity index (χ0) is 26.0. The number of pyridine rings is 2. The zero-order valence-electron chi connectivity index (χ0n) is 22.4. The van der Waals surface area contributed by atoms with E-state index in [2.05, 4.69) is 90.1 Å². The topological polar surface area (TPSA) is 92.6 Å². The van der Waals surface area contributed by atoms with Gasteiger partial charge in [-0.1, -0.05) is 38.5 Å². The lowest BCUT2D eigenvalue weighted by molar-refractivity contribution is 0.117. The van der Waals surface area contributed by atoms with Gasteiger partial charge >= 0.3 is 0 Å². The first-order chi connectivity index (χ1) is 17.1. The number of nitrogens with one attached hydrogen (secondary N) is 1. The molecule has 0 spiro atoms. The van der Waals surface area contributed by atoms with E-state index in [0.29, 0.717) is 13.1 Å². The third kappa shape index (κ3) is 5.23. The molecular weight excluding hydrogens is 450 g/mol. The van der Waals surface area contributed by atoms with Crippen molar-refractivity contribution in [3.63, 3.8) is 0 Å². The summed E-state index contributed by atoms with van der Waals surface area (Å²) in [6, 6.07) is 10.1. The van der Waals surface area contributed by atoms with E-state index in [4.69, 9.17) is 0 Å². The number of H-pyrrole nitrogens is 1. The summed E-state index contributed by atoms with van der Waals surface area (Å²) in [4.78, 5) is 23.0. The molecule has 8 heteroatoms. The molecule has 0 aliphatic carbocycles. The maximum absolute atomic E-state index is 13.3. The van der Waals surface area contributed by atoms with Crippen LogP contribution in [0.5, 0.6) is 0 Å². The van der Waals surface area contributed by atoms with Crippen LogP contribution in [0.25, 0.3) is 10.9 Å². The largest absolute Gasteiger partial charge is 0.321 e. The van der Waals surface area contributed by atoms with Crippen LogP contribution < -0.4 is 5.56 Å². The number of fused-ring (bicyclic) bond motifs is 1. The number of aromatic nitrogens is 6. The third-order valence-corrected chi connectivity index (χ3v) is 7.07. The summed E-state index contributed by atoms with van der Waals surface area (Å²) < 4.78 is 1.95. The molecule has 190 valence electrons. The maximum Gasteiger partial charge on any atom is 0.252 e. The summed E-state index contributed by atoms with van der Waals surface area (Å²) in [7, 11) is 0. The number of benzene rings is 1. The molecule has 4 aromatic rings. The summed E-state index contributed by atoms with van der Waals surface area (Å²) in [5.41, 5.74) is 4.62. The number of tetrazole rings is 1. The van der Waals surface area contributed by atoms with Crippen LogP contribution in [-0.4, -0.2) is 35.1 Å². The van der Waals surface area contributed by atoms with E-state index in [1.807, 2.05) is 29.9 Å². The molecule has 0 bridgehead atoms. The first-order valence-corrected chi connectivity index (χ1v) is 12.7. The Balaban J connectivity index is 1.83. The van der Waals surface area contributed by atoms with E-state index >= 15 is 0 Å². The van der Waals surface area contributed by atoms with Crippen LogP contribution >= 0.6 is 0 Å². The van der Waals surface area contributed by atoms with Gasteiger partial charge in [0.1, 0.15) is 0 Å². The molecule has 0 aliphatic heterocycles. The summed E-state index contributed by atoms with van der Waals surface area (Å²) in [5.74, 6) is 1.01. The van der Waals surface area contributed by atoms with Crippen molar-refractivity contribution in [1.82, 2.24) is 35.1 Å². The minimum Gasteiger partial charge on any atom is -0.321 e. The summed E-state index contributed by atoms with van der Waals surface area (Å²) in [6.45, 7) is 16.0. The minimum atomic E-state index is -0.235. The molecule has 3 heterocycles. The minimum absolute atomic E-state index is 0.0679. The summed E-state index contributed by atoms with van der Waals surface area (Å²) in [6.07, 6.45) is 4.54. The Labute approximate surface area is 212 Å². The molecular formula is C28H37N7O. The van der Waals surface area contributed by atoms with Crippen molar-refractivity contribution in [2.45, 2.75) is 79.6 Å². The van der Waals surface area contributed by atoms with Crippen molar-refractivity contribution in [2.24, 2.45) is 5.92 Å². The second-order valence-corrected chi connectivity index (χ2v) is 10.7. The van der Waals surface area contributed by atoms with Gasteiger partial charge in [0.15, 0.2) is 5.82 Å². The molecule has 0 aliphatic rings. The molecule has 3 aromatic heterocycles. The fourth-order valence-corrected chi connectivity index (χ4v) is 4.89. The Morgan fingerprint density at radius 2 is 1.92 bits per heavy atom. The van der Waals surface area contributed by atoms with Gasteiger partial charge in [-0.3, -0.25) is 14.7 Å². The highest BCUT2D eigenvalue weighted by Crippen LogP contribution is 2.33. The van der Waals surface area contributed by atoms with Crippen molar-refractivity contribution in [2.75, 3.05) is 0 Å². The second-order valence-electron chi connectivity index (χ2n) is 10.7. The Morgan fingerprint density at radius 3 is 2.58 bits per heavy atom. The Bertz CT molecular complexity index is 1390. The molecule has 1 atom stereocenters. The van der Waals surface area contributed by atoms with E-state index in [1.165, 1.54) is 5.56 Å². The van der Waals surface area contributed by atoms with Gasteiger partial charge in [-0.05, 0) is 85.2 Å². The monoisotopic (exact) mass is 487 g/mol. The predicted octanol–water partition coefficient (Wildman–Crippen LogP) is 5.07. The van der Waals surface area contributed by atoms with Crippen molar-refractivity contribution in [1.29, 1.82) is 0 Å². The van der Waals surface area contributed by atoms with Crippen LogP contribution in [0.1, 0.15) is 75.2 Å². The molecule has 36 heavy (non-hydrogen) atoms. The Morgan fingerprint density at radius 1 is 1.14 bits per heavy atom. The molecule has 1 N–H and O–H groups in total. The highest BCUT2D eigenvalue weighted by atomic mass is 16.1. The van der Waals surface area contributed by atoms with Crippen LogP contribution in [0.15, 0.2) is 47.5 Å². The van der Waals surface area contributed by atoms with Gasteiger partial charge < -0.3 is 4.98 Å². The Hall–Kier alpha value is -3.39. The van der Waals surface area contributed by atoms with Gasteiger partial charge in [0, 0.05) is 31.0 Å². The van der Waals surface area contributed by atoms with Gasteiger partial charge in [0.05, 0.1) is 17.1 Å². The molecule has 0 fully saturated rings. The fraction of sp³-hybridized carbons (Fsp3) is 0.464. The van der Waals surface area contributed by atoms with Crippen molar-refractivity contribution < 1.29 is 0 Å². The molecule has 0 saturated heterocycles. The number of aryl methyl sites for hydroxylation is 2. The quantitative estimate of drug-likeness (QED) is 0.354. The van der Waals surface area contributed by atoms with Crippen molar-refractivity contribution in [3.8, 4) is 0 Å². The van der Waals surface area contributed by atoms with Crippen LogP contribution in [-0.2, 0) is 18.6 Å². The van der Waals surface area contributed by atoms with E-state index in [0.717, 1.165) is 39.8 Å². The average Bonchev–Trinajstić information content (AvgIpc) is 3.31. The second kappa shape index (κ2) is 10.3. The van der Waals surface area contributed by atoms with Gasteiger partial charge in [0.2, 0.25) is 0 Å². The highest BCUT2D eigenvalue weighted by Gasteiger charge is 2.34. The van der Waals surface area contributed by atoms with Crippen LogP contribution in [0, 0.1) is 19.8 Å². The van der Waals surface area contributed by atoms with Gasteiger partial charge in [-0.15, -0.1) is 5.10 Å². The van der Waals surface area contributed by atoms with Crippen LogP contribution in [0.4, 0.5) is 0 Å². The van der Waals surface area contributed by atoms with E-state index in [9.17, 15) is 4.79 Å². The highest BCUT2D eigenvalue weighted by molar-refractivity contribution is 5.82. The van der Waals surface area contributed by atoms with E-state index < -0.39 is 0 Å². The average molecular weight is 488 g/mol. The van der Waals surface area contributed by atoms with Crippen LogP contribution in [0.2, 0.25) is 0 Å². The third-order valence-electron chi connectivity index (χ3n) is 7.07. The number of hydrogen-bond acceptors (Lipinski definition) is 6. The summed E-state index contributed by atoms with van der Waals surface area (Å²) in [5, 5.41) is 14.0. The molecule has 8 nitrogen and oxygen atoms in total. The number of hydrogen-bond donors (Lipinski definition) is 1. The normalized spacial score (nSPS) is 13.1. The smallest absolute Gasteiger partial charge is 0.252 e. The molecule has 0 radical (unpaired) electrons. The predicted molar refractivity (Wildman–Crippen MR) is 143 cm³/mol. The first kappa shape index (κ1) is 25.7. The zero-order valence-corrected chi connectivity index (χ0v) is 22.4. The lowest BCUT2D eigenvalue weighted by Gasteiger charge is -2.35. The van der Waals surface area contributed by atoms with Gasteiger partial charge in [-0.2, -0.15) is 0 Å². The van der Waals surface area contributed by atoms with E-state index in [-0.39, 0.29) is 23.1 Å². The lowest BCUT2D eigenvalue weighted by Crippen LogP contribution is -2.38. The first-order valence-electron chi connectivity index (χ1n) is 12.7. The summed E-state index contributed by atoms with van der Waals surface area (Å²) >= 11 is 0. The molecule has 1 aromatic carbocycles.